The van der Waals surface area contributed by atoms with Gasteiger partial charge in [0.25, 0.3) is 0 Å². The van der Waals surface area contributed by atoms with Crippen molar-refractivity contribution < 1.29 is 19.7 Å². The maximum absolute atomic E-state index is 12.2. The third-order valence-electron chi connectivity index (χ3n) is 3.05. The summed E-state index contributed by atoms with van der Waals surface area (Å²) in [6, 6.07) is 8.23. The number of aromatic hydroxyl groups is 2. The fourth-order valence-corrected chi connectivity index (χ4v) is 2.75. The fourth-order valence-electron chi connectivity index (χ4n) is 1.89. The molecule has 0 spiro atoms. The number of hydrogen-bond donors (Lipinski definition) is 2. The van der Waals surface area contributed by atoms with E-state index in [0.29, 0.717) is 32.4 Å². The molecule has 0 heterocycles. The molecular formula is C17H14Br2O4. The van der Waals surface area contributed by atoms with E-state index in [2.05, 4.69) is 31.9 Å². The van der Waals surface area contributed by atoms with E-state index < -0.39 is 0 Å². The molecule has 0 radical (unpaired) electrons. The van der Waals surface area contributed by atoms with Crippen LogP contribution < -0.4 is 4.74 Å². The first-order valence-corrected chi connectivity index (χ1v) is 8.37. The molecule has 2 N–H and O–H groups in total. The lowest BCUT2D eigenvalue weighted by molar-refractivity contribution is 0.104. The predicted octanol–water partition coefficient (Wildman–Crippen LogP) is 4.92. The number of phenols is 2. The van der Waals surface area contributed by atoms with Crippen LogP contribution in [0.25, 0.3) is 6.08 Å². The Morgan fingerprint density at radius 2 is 1.83 bits per heavy atom. The summed E-state index contributed by atoms with van der Waals surface area (Å²) >= 11 is 6.47. The first kappa shape index (κ1) is 17.6. The van der Waals surface area contributed by atoms with Crippen LogP contribution in [0.5, 0.6) is 17.2 Å². The lowest BCUT2D eigenvalue weighted by atomic mass is 10.1. The van der Waals surface area contributed by atoms with Crippen LogP contribution >= 0.6 is 31.9 Å². The first-order chi connectivity index (χ1) is 10.9. The normalized spacial score (nSPS) is 10.9. The molecule has 0 atom stereocenters. The maximum atomic E-state index is 12.2. The van der Waals surface area contributed by atoms with Crippen LogP contribution in [0.2, 0.25) is 0 Å². The first-order valence-electron chi connectivity index (χ1n) is 6.79. The highest BCUT2D eigenvalue weighted by atomic mass is 79.9. The van der Waals surface area contributed by atoms with Crippen molar-refractivity contribution in [3.05, 3.63) is 56.5 Å². The SMILES string of the molecule is CCOc1ccc(C(=O)/C=C/c2cc(O)c(O)c(Br)c2Br)cc1. The highest BCUT2D eigenvalue weighted by Gasteiger charge is 2.12. The van der Waals surface area contributed by atoms with Gasteiger partial charge in [-0.3, -0.25) is 4.79 Å². The van der Waals surface area contributed by atoms with Crippen LogP contribution in [-0.4, -0.2) is 22.6 Å². The molecule has 0 aliphatic carbocycles. The van der Waals surface area contributed by atoms with Crippen molar-refractivity contribution in [2.75, 3.05) is 6.61 Å². The fraction of sp³-hybridized carbons (Fsp3) is 0.118. The molecule has 0 fully saturated rings. The Balaban J connectivity index is 2.21. The molecule has 0 aromatic heterocycles. The molecule has 4 nitrogen and oxygen atoms in total. The van der Waals surface area contributed by atoms with Crippen molar-refractivity contribution in [1.29, 1.82) is 0 Å². The molecule has 120 valence electrons. The van der Waals surface area contributed by atoms with Gasteiger partial charge < -0.3 is 14.9 Å². The van der Waals surface area contributed by atoms with Crippen LogP contribution in [0.4, 0.5) is 0 Å². The molecule has 0 amide bonds. The number of benzene rings is 2. The van der Waals surface area contributed by atoms with Crippen LogP contribution in [0.15, 0.2) is 45.4 Å². The average Bonchev–Trinajstić information content (AvgIpc) is 2.55. The highest BCUT2D eigenvalue weighted by Crippen LogP contribution is 2.41. The average molecular weight is 442 g/mol. The molecule has 0 saturated carbocycles. The second kappa shape index (κ2) is 7.66. The van der Waals surface area contributed by atoms with Crippen LogP contribution in [0.3, 0.4) is 0 Å². The Bertz CT molecular complexity index is 752. The minimum atomic E-state index is -0.270. The molecule has 0 aliphatic rings. The summed E-state index contributed by atoms with van der Waals surface area (Å²) in [7, 11) is 0. The molecule has 0 unspecified atom stereocenters. The van der Waals surface area contributed by atoms with E-state index in [1.807, 2.05) is 6.92 Å². The van der Waals surface area contributed by atoms with E-state index in [4.69, 9.17) is 4.74 Å². The number of allylic oxidation sites excluding steroid dienone is 1. The smallest absolute Gasteiger partial charge is 0.185 e. The van der Waals surface area contributed by atoms with Crippen LogP contribution in [0, 0.1) is 0 Å². The van der Waals surface area contributed by atoms with Gasteiger partial charge in [-0.15, -0.1) is 0 Å². The number of carbonyl (C=O) groups excluding carboxylic acids is 1. The van der Waals surface area contributed by atoms with Gasteiger partial charge in [-0.1, -0.05) is 0 Å². The Morgan fingerprint density at radius 3 is 2.43 bits per heavy atom. The highest BCUT2D eigenvalue weighted by molar-refractivity contribution is 9.13. The monoisotopic (exact) mass is 440 g/mol. The minimum Gasteiger partial charge on any atom is -0.504 e. The van der Waals surface area contributed by atoms with Gasteiger partial charge in [0.1, 0.15) is 5.75 Å². The van der Waals surface area contributed by atoms with E-state index in [9.17, 15) is 15.0 Å². The van der Waals surface area contributed by atoms with Crippen LogP contribution in [0.1, 0.15) is 22.8 Å². The second-order valence-electron chi connectivity index (χ2n) is 4.62. The number of carbonyl (C=O) groups is 1. The molecule has 0 saturated heterocycles. The Hall–Kier alpha value is -1.79. The number of rotatable bonds is 5. The van der Waals surface area contributed by atoms with E-state index in [1.54, 1.807) is 30.3 Å². The lowest BCUT2D eigenvalue weighted by Gasteiger charge is -2.06. The number of halogens is 2. The summed E-state index contributed by atoms with van der Waals surface area (Å²) in [5, 5.41) is 19.2. The minimum absolute atomic E-state index is 0.177. The molecule has 0 bridgehead atoms. The van der Waals surface area contributed by atoms with Crippen molar-refractivity contribution in [3.8, 4) is 17.2 Å². The standard InChI is InChI=1S/C17H14Br2O4/c1-2-23-12-6-3-10(4-7-12)13(20)8-5-11-9-14(21)17(22)16(19)15(11)18/h3-9,21-22H,2H2,1H3/b8-5+. The molecular weight excluding hydrogens is 428 g/mol. The predicted molar refractivity (Wildman–Crippen MR) is 96.1 cm³/mol. The van der Waals surface area contributed by atoms with Crippen molar-refractivity contribution in [2.45, 2.75) is 6.92 Å². The number of ketones is 1. The third-order valence-corrected chi connectivity index (χ3v) is 5.21. The summed E-state index contributed by atoms with van der Waals surface area (Å²) in [4.78, 5) is 12.2. The van der Waals surface area contributed by atoms with Crippen molar-refractivity contribution in [3.63, 3.8) is 0 Å². The molecule has 6 heteroatoms. The lowest BCUT2D eigenvalue weighted by Crippen LogP contribution is -1.96. The molecule has 2 rings (SSSR count). The van der Waals surface area contributed by atoms with Gasteiger partial charge in [0.2, 0.25) is 0 Å². The van der Waals surface area contributed by atoms with Crippen molar-refractivity contribution in [1.82, 2.24) is 0 Å². The van der Waals surface area contributed by atoms with Gasteiger partial charge in [-0.05, 0) is 86.8 Å². The van der Waals surface area contributed by atoms with Crippen LogP contribution in [-0.2, 0) is 0 Å². The van der Waals surface area contributed by atoms with E-state index in [1.165, 1.54) is 12.1 Å². The summed E-state index contributed by atoms with van der Waals surface area (Å²) < 4.78 is 6.20. The quantitative estimate of drug-likeness (QED) is 0.392. The van der Waals surface area contributed by atoms with E-state index in [0.717, 1.165) is 0 Å². The maximum Gasteiger partial charge on any atom is 0.185 e. The zero-order chi connectivity index (χ0) is 17.0. The van der Waals surface area contributed by atoms with Gasteiger partial charge in [0, 0.05) is 10.0 Å². The zero-order valence-corrected chi connectivity index (χ0v) is 15.4. The summed E-state index contributed by atoms with van der Waals surface area (Å²) in [6.45, 7) is 2.46. The summed E-state index contributed by atoms with van der Waals surface area (Å²) in [5.41, 5.74) is 1.09. The summed E-state index contributed by atoms with van der Waals surface area (Å²) in [6.07, 6.45) is 2.96. The van der Waals surface area contributed by atoms with Gasteiger partial charge in [-0.25, -0.2) is 0 Å². The van der Waals surface area contributed by atoms with Gasteiger partial charge in [0.15, 0.2) is 17.3 Å². The molecule has 2 aromatic rings. The largest absolute Gasteiger partial charge is 0.504 e. The Labute approximate surface area is 150 Å². The van der Waals surface area contributed by atoms with Gasteiger partial charge in [0.05, 0.1) is 11.1 Å². The Kier molecular flexibility index (Phi) is 5.85. The summed E-state index contributed by atoms with van der Waals surface area (Å²) in [5.74, 6) is 0.00639. The number of ether oxygens (including phenoxy) is 1. The van der Waals surface area contributed by atoms with Gasteiger partial charge >= 0.3 is 0 Å². The number of phenolic OH excluding ortho intramolecular Hbond substituents is 2. The molecule has 2 aromatic carbocycles. The van der Waals surface area contributed by atoms with E-state index >= 15 is 0 Å². The second-order valence-corrected chi connectivity index (χ2v) is 6.20. The van der Waals surface area contributed by atoms with Crippen molar-refractivity contribution >= 4 is 43.7 Å². The molecule has 23 heavy (non-hydrogen) atoms. The molecule has 0 aliphatic heterocycles. The topological polar surface area (TPSA) is 66.8 Å². The van der Waals surface area contributed by atoms with Crippen molar-refractivity contribution in [2.24, 2.45) is 0 Å². The number of hydrogen-bond acceptors (Lipinski definition) is 4. The zero-order valence-electron chi connectivity index (χ0n) is 12.2. The third kappa shape index (κ3) is 4.14. The van der Waals surface area contributed by atoms with Gasteiger partial charge in [-0.2, -0.15) is 0 Å². The Morgan fingerprint density at radius 1 is 1.17 bits per heavy atom. The van der Waals surface area contributed by atoms with E-state index in [-0.39, 0.29) is 17.3 Å².